The maximum atomic E-state index is 13.4. The maximum Gasteiger partial charge on any atom is 0.294 e. The van der Waals surface area contributed by atoms with Crippen molar-refractivity contribution in [2.24, 2.45) is 11.7 Å². The van der Waals surface area contributed by atoms with E-state index in [9.17, 15) is 18.0 Å². The minimum absolute atomic E-state index is 0. The molecular formula is C28H39N7O4S. The number of anilines is 2. The number of nitrogens with two attached hydrogens (primary N) is 2. The van der Waals surface area contributed by atoms with Gasteiger partial charge in [0.05, 0.1) is 22.5 Å². The van der Waals surface area contributed by atoms with Crippen molar-refractivity contribution >= 4 is 33.1 Å². The van der Waals surface area contributed by atoms with E-state index in [1.807, 2.05) is 27.7 Å². The molecule has 11 nitrogen and oxygen atoms in total. The average molecular weight is 570 g/mol. The number of nitrogen functional groups attached to an aromatic ring is 2. The molecule has 0 unspecified atom stereocenters. The third-order valence-corrected chi connectivity index (χ3v) is 7.73. The highest BCUT2D eigenvalue weighted by molar-refractivity contribution is 7.91. The molecule has 0 spiro atoms. The van der Waals surface area contributed by atoms with Crippen molar-refractivity contribution in [2.45, 2.75) is 59.1 Å². The summed E-state index contributed by atoms with van der Waals surface area (Å²) in [6.07, 6.45) is 1.42. The minimum Gasteiger partial charge on any atom is -0.399 e. The van der Waals surface area contributed by atoms with E-state index in [0.717, 1.165) is 5.56 Å². The molecule has 1 amide bonds. The average Bonchev–Trinajstić information content (AvgIpc) is 2.84. The van der Waals surface area contributed by atoms with Crippen molar-refractivity contribution < 1.29 is 13.2 Å². The molecule has 0 bridgehead atoms. The summed E-state index contributed by atoms with van der Waals surface area (Å²) < 4.78 is 27.1. The Morgan fingerprint density at radius 1 is 1.10 bits per heavy atom. The van der Waals surface area contributed by atoms with Gasteiger partial charge in [0.2, 0.25) is 5.91 Å². The first-order valence-electron chi connectivity index (χ1n) is 12.5. The summed E-state index contributed by atoms with van der Waals surface area (Å²) in [5.74, 6) is -0.579. The zero-order valence-electron chi connectivity index (χ0n) is 22.5. The summed E-state index contributed by atoms with van der Waals surface area (Å²) in [5, 5.41) is 13.3. The first-order valence-corrected chi connectivity index (χ1v) is 14.1. The van der Waals surface area contributed by atoms with Crippen LogP contribution in [0, 0.1) is 11.3 Å². The Morgan fingerprint density at radius 2 is 1.75 bits per heavy atom. The molecular weight excluding hydrogens is 530 g/mol. The molecule has 40 heavy (non-hydrogen) atoms. The first kappa shape index (κ1) is 32.0. The Bertz CT molecular complexity index is 1530. The standard InChI is InChI=1S/C27H35N7O4S.CH4/c1-16(2)15-39(37,38)22-10-20(9-21(28)11-22)23-13-32-26(33-17(3)4)27(36)34(23)14-24(35)31-12-18-5-7-19(8-6-18)25(29)30;/h5-11,13,16-17H,12,14-15,28H2,1-4H3,(H3,29,30)(H,31,35)(H,32,33);1H4. The van der Waals surface area contributed by atoms with E-state index in [0.29, 0.717) is 11.1 Å². The monoisotopic (exact) mass is 569 g/mol. The fourth-order valence-corrected chi connectivity index (χ4v) is 5.63. The van der Waals surface area contributed by atoms with E-state index in [4.69, 9.17) is 16.9 Å². The number of carbonyl (C=O) groups is 1. The summed E-state index contributed by atoms with van der Waals surface area (Å²) in [7, 11) is -3.63. The zero-order chi connectivity index (χ0) is 28.9. The SMILES string of the molecule is C.CC(C)CS(=O)(=O)c1cc(N)cc(-c2cnc(NC(C)C)c(=O)n2CC(=O)NCc2ccc(C(=N)N)cc2)c1. The molecule has 3 aromatic rings. The summed E-state index contributed by atoms with van der Waals surface area (Å²) in [4.78, 5) is 30.6. The molecule has 0 saturated heterocycles. The van der Waals surface area contributed by atoms with Gasteiger partial charge in [0, 0.05) is 29.4 Å². The summed E-state index contributed by atoms with van der Waals surface area (Å²) in [6, 6.07) is 11.2. The molecule has 216 valence electrons. The van der Waals surface area contributed by atoms with E-state index in [1.165, 1.54) is 22.9 Å². The van der Waals surface area contributed by atoms with Gasteiger partial charge in [-0.05, 0) is 43.5 Å². The van der Waals surface area contributed by atoms with Gasteiger partial charge >= 0.3 is 0 Å². The quantitative estimate of drug-likeness (QED) is 0.132. The van der Waals surface area contributed by atoms with E-state index in [2.05, 4.69) is 15.6 Å². The molecule has 0 fully saturated rings. The van der Waals surface area contributed by atoms with Crippen LogP contribution < -0.4 is 27.7 Å². The fraction of sp³-hybridized carbons (Fsp3) is 0.357. The van der Waals surface area contributed by atoms with Gasteiger partial charge in [-0.25, -0.2) is 13.4 Å². The number of carbonyl (C=O) groups excluding carboxylic acids is 1. The number of rotatable bonds is 11. The number of amides is 1. The van der Waals surface area contributed by atoms with Crippen LogP contribution in [0.15, 0.2) is 58.4 Å². The second kappa shape index (κ2) is 13.2. The molecule has 1 heterocycles. The number of aromatic nitrogens is 2. The highest BCUT2D eigenvalue weighted by Crippen LogP contribution is 2.27. The van der Waals surface area contributed by atoms with Crippen molar-refractivity contribution in [3.63, 3.8) is 0 Å². The smallest absolute Gasteiger partial charge is 0.294 e. The normalized spacial score (nSPS) is 11.2. The Labute approximate surface area is 235 Å². The van der Waals surface area contributed by atoms with E-state index < -0.39 is 21.3 Å². The lowest BCUT2D eigenvalue weighted by molar-refractivity contribution is -0.121. The predicted molar refractivity (Wildman–Crippen MR) is 160 cm³/mol. The molecule has 12 heteroatoms. The molecule has 0 aliphatic rings. The lowest BCUT2D eigenvalue weighted by Crippen LogP contribution is -2.35. The van der Waals surface area contributed by atoms with E-state index >= 15 is 0 Å². The number of amidine groups is 1. The zero-order valence-corrected chi connectivity index (χ0v) is 23.3. The summed E-state index contributed by atoms with van der Waals surface area (Å²) in [5.41, 5.74) is 13.2. The second-order valence-corrected chi connectivity index (χ2v) is 12.1. The molecule has 1 aromatic heterocycles. The molecule has 2 aromatic carbocycles. The van der Waals surface area contributed by atoms with Crippen molar-refractivity contribution in [3.8, 4) is 11.3 Å². The molecule has 0 atom stereocenters. The molecule has 0 aliphatic heterocycles. The third-order valence-electron chi connectivity index (χ3n) is 5.67. The van der Waals surface area contributed by atoms with E-state index in [1.54, 1.807) is 30.3 Å². The molecule has 3 rings (SSSR count). The lowest BCUT2D eigenvalue weighted by atomic mass is 10.1. The van der Waals surface area contributed by atoms with Crippen molar-refractivity contribution in [2.75, 3.05) is 16.8 Å². The number of nitrogens with one attached hydrogen (secondary N) is 3. The largest absolute Gasteiger partial charge is 0.399 e. The van der Waals surface area contributed by atoms with Gasteiger partial charge in [0.25, 0.3) is 5.56 Å². The van der Waals surface area contributed by atoms with Gasteiger partial charge in [-0.15, -0.1) is 0 Å². The van der Waals surface area contributed by atoms with Crippen LogP contribution in [0.1, 0.15) is 46.2 Å². The Morgan fingerprint density at radius 3 is 2.33 bits per heavy atom. The summed E-state index contributed by atoms with van der Waals surface area (Å²) in [6.45, 7) is 7.18. The third kappa shape index (κ3) is 8.15. The van der Waals surface area contributed by atoms with Crippen LogP contribution in [-0.4, -0.2) is 41.5 Å². The van der Waals surface area contributed by atoms with Gasteiger partial charge in [-0.2, -0.15) is 0 Å². The highest BCUT2D eigenvalue weighted by atomic mass is 32.2. The molecule has 0 aliphatic carbocycles. The van der Waals surface area contributed by atoms with Gasteiger partial charge in [0.15, 0.2) is 15.7 Å². The fourth-order valence-electron chi connectivity index (χ4n) is 3.93. The lowest BCUT2D eigenvalue weighted by Gasteiger charge is -2.17. The number of hydrogen-bond acceptors (Lipinski definition) is 8. The summed E-state index contributed by atoms with van der Waals surface area (Å²) >= 11 is 0. The van der Waals surface area contributed by atoms with E-state index in [-0.39, 0.29) is 66.2 Å². The van der Waals surface area contributed by atoms with Crippen LogP contribution in [0.3, 0.4) is 0 Å². The molecule has 7 N–H and O–H groups in total. The van der Waals surface area contributed by atoms with Crippen LogP contribution in [0.5, 0.6) is 0 Å². The van der Waals surface area contributed by atoms with Crippen LogP contribution in [-0.2, 0) is 27.7 Å². The Balaban J connectivity index is 0.00000560. The minimum atomic E-state index is -3.63. The number of benzene rings is 2. The van der Waals surface area contributed by atoms with Crippen LogP contribution in [0.2, 0.25) is 0 Å². The number of sulfone groups is 1. The van der Waals surface area contributed by atoms with Crippen molar-refractivity contribution in [1.82, 2.24) is 14.9 Å². The second-order valence-electron chi connectivity index (χ2n) is 10.0. The molecule has 0 radical (unpaired) electrons. The van der Waals surface area contributed by atoms with Crippen molar-refractivity contribution in [3.05, 3.63) is 70.1 Å². The first-order chi connectivity index (χ1) is 18.3. The number of hydrogen-bond donors (Lipinski definition) is 5. The van der Waals surface area contributed by atoms with Crippen LogP contribution in [0.4, 0.5) is 11.5 Å². The predicted octanol–water partition coefficient (Wildman–Crippen LogP) is 2.98. The van der Waals surface area contributed by atoms with Crippen LogP contribution >= 0.6 is 0 Å². The van der Waals surface area contributed by atoms with Gasteiger partial charge in [0.1, 0.15) is 12.4 Å². The van der Waals surface area contributed by atoms with Gasteiger partial charge in [-0.3, -0.25) is 19.6 Å². The van der Waals surface area contributed by atoms with Crippen LogP contribution in [0.25, 0.3) is 11.3 Å². The molecule has 0 saturated carbocycles. The topological polar surface area (TPSA) is 186 Å². The Hall–Kier alpha value is -4.19. The number of nitrogens with zero attached hydrogens (tertiary/aromatic N) is 2. The maximum absolute atomic E-state index is 13.4. The van der Waals surface area contributed by atoms with Gasteiger partial charge < -0.3 is 22.1 Å². The van der Waals surface area contributed by atoms with Crippen molar-refractivity contribution in [1.29, 1.82) is 5.41 Å². The highest BCUT2D eigenvalue weighted by Gasteiger charge is 2.21. The van der Waals surface area contributed by atoms with Gasteiger partial charge in [-0.1, -0.05) is 45.5 Å². The Kier molecular flexibility index (Phi) is 10.6.